The fraction of sp³-hybridized carbons (Fsp3) is 0.947. The van der Waals surface area contributed by atoms with Crippen LogP contribution in [0.4, 0.5) is 0 Å². The van der Waals surface area contributed by atoms with Gasteiger partial charge in [0, 0.05) is 0 Å². The fourth-order valence-corrected chi connectivity index (χ4v) is 3.80. The average molecular weight is 312 g/mol. The van der Waals surface area contributed by atoms with E-state index in [-0.39, 0.29) is 17.9 Å². The lowest BCUT2D eigenvalue weighted by molar-refractivity contribution is -0.145. The molecule has 0 amide bonds. The van der Waals surface area contributed by atoms with Gasteiger partial charge in [0.1, 0.15) is 0 Å². The Bertz CT molecular complexity index is 290. The number of carbonyl (C=O) groups is 1. The summed E-state index contributed by atoms with van der Waals surface area (Å²) in [5.41, 5.74) is 0. The van der Waals surface area contributed by atoms with E-state index in [0.29, 0.717) is 6.42 Å². The topological polar surface area (TPSA) is 57.5 Å². The molecule has 22 heavy (non-hydrogen) atoms. The second-order valence-electron chi connectivity index (χ2n) is 7.14. The lowest BCUT2D eigenvalue weighted by atomic mass is 9.77. The van der Waals surface area contributed by atoms with E-state index in [1.165, 1.54) is 44.9 Å². The molecule has 0 aromatic carbocycles. The van der Waals surface area contributed by atoms with Crippen LogP contribution in [0.5, 0.6) is 0 Å². The Labute approximate surface area is 136 Å². The van der Waals surface area contributed by atoms with Crippen molar-refractivity contribution in [2.45, 2.75) is 103 Å². The van der Waals surface area contributed by atoms with E-state index in [1.54, 1.807) is 0 Å². The van der Waals surface area contributed by atoms with Gasteiger partial charge in [-0.3, -0.25) is 4.79 Å². The zero-order chi connectivity index (χ0) is 16.2. The molecule has 1 rings (SSSR count). The molecule has 3 nitrogen and oxygen atoms in total. The first-order valence-corrected chi connectivity index (χ1v) is 9.56. The second kappa shape index (κ2) is 11.9. The molecule has 0 spiro atoms. The van der Waals surface area contributed by atoms with Crippen molar-refractivity contribution >= 4 is 5.97 Å². The Hall–Kier alpha value is -0.570. The summed E-state index contributed by atoms with van der Waals surface area (Å²) in [6.07, 6.45) is 15.4. The van der Waals surface area contributed by atoms with Crippen LogP contribution in [0.3, 0.4) is 0 Å². The van der Waals surface area contributed by atoms with E-state index in [1.807, 2.05) is 0 Å². The number of unbranched alkanes of at least 4 members (excludes halogenated alkanes) is 8. The molecule has 130 valence electrons. The first kappa shape index (κ1) is 19.5. The summed E-state index contributed by atoms with van der Waals surface area (Å²) in [4.78, 5) is 11.5. The highest BCUT2D eigenvalue weighted by Gasteiger charge is 2.31. The second-order valence-corrected chi connectivity index (χ2v) is 7.14. The summed E-state index contributed by atoms with van der Waals surface area (Å²) in [7, 11) is 0. The average Bonchev–Trinajstić information content (AvgIpc) is 2.49. The van der Waals surface area contributed by atoms with Crippen LogP contribution in [0.15, 0.2) is 0 Å². The Kier molecular flexibility index (Phi) is 10.6. The highest BCUT2D eigenvalue weighted by Crippen LogP contribution is 2.33. The smallest absolute Gasteiger partial charge is 0.306 e. The molecule has 0 aromatic rings. The van der Waals surface area contributed by atoms with Crippen molar-refractivity contribution in [3.63, 3.8) is 0 Å². The monoisotopic (exact) mass is 312 g/mol. The molecule has 0 aliphatic heterocycles. The predicted molar refractivity (Wildman–Crippen MR) is 90.9 cm³/mol. The number of rotatable bonds is 12. The van der Waals surface area contributed by atoms with Crippen LogP contribution in [0.25, 0.3) is 0 Å². The molecule has 0 saturated heterocycles. The number of carboxylic acid groups (broad SMARTS) is 1. The van der Waals surface area contributed by atoms with Crippen LogP contribution in [-0.2, 0) is 4.79 Å². The van der Waals surface area contributed by atoms with Gasteiger partial charge in [-0.2, -0.15) is 0 Å². The van der Waals surface area contributed by atoms with E-state index < -0.39 is 5.97 Å². The van der Waals surface area contributed by atoms with Gasteiger partial charge in [0.2, 0.25) is 0 Å². The largest absolute Gasteiger partial charge is 0.481 e. The minimum absolute atomic E-state index is 0.190. The SMILES string of the molecule is CCCCCCCCCCCC(C(=O)O)C1CCCC(O)C1. The standard InChI is InChI=1S/C19H36O3/c1-2-3-4-5-6-7-8-9-10-14-18(19(21)22)16-12-11-13-17(20)15-16/h16-18,20H,2-15H2,1H3,(H,21,22). The van der Waals surface area contributed by atoms with Crippen LogP contribution in [0, 0.1) is 11.8 Å². The maximum absolute atomic E-state index is 11.5. The first-order valence-electron chi connectivity index (χ1n) is 9.56. The molecule has 3 atom stereocenters. The quantitative estimate of drug-likeness (QED) is 0.489. The number of aliphatic carboxylic acids is 1. The minimum atomic E-state index is -0.654. The lowest BCUT2D eigenvalue weighted by Crippen LogP contribution is -2.30. The first-order chi connectivity index (χ1) is 10.6. The highest BCUT2D eigenvalue weighted by molar-refractivity contribution is 5.70. The van der Waals surface area contributed by atoms with Gasteiger partial charge in [0.05, 0.1) is 12.0 Å². The molecule has 0 radical (unpaired) electrons. The van der Waals surface area contributed by atoms with Gasteiger partial charge in [-0.05, 0) is 31.6 Å². The van der Waals surface area contributed by atoms with E-state index in [9.17, 15) is 15.0 Å². The van der Waals surface area contributed by atoms with E-state index in [2.05, 4.69) is 6.92 Å². The molecule has 0 heterocycles. The molecule has 0 aromatic heterocycles. The Morgan fingerprint density at radius 3 is 2.14 bits per heavy atom. The molecule has 0 bridgehead atoms. The van der Waals surface area contributed by atoms with Crippen LogP contribution < -0.4 is 0 Å². The number of hydrogen-bond donors (Lipinski definition) is 2. The Morgan fingerprint density at radius 2 is 1.59 bits per heavy atom. The zero-order valence-electron chi connectivity index (χ0n) is 14.4. The molecule has 3 unspecified atom stereocenters. The third-order valence-corrected chi connectivity index (χ3v) is 5.19. The van der Waals surface area contributed by atoms with Crippen molar-refractivity contribution in [1.29, 1.82) is 0 Å². The van der Waals surface area contributed by atoms with Crippen molar-refractivity contribution in [2.75, 3.05) is 0 Å². The van der Waals surface area contributed by atoms with Gasteiger partial charge in [0.15, 0.2) is 0 Å². The third-order valence-electron chi connectivity index (χ3n) is 5.19. The minimum Gasteiger partial charge on any atom is -0.481 e. The van der Waals surface area contributed by atoms with E-state index in [0.717, 1.165) is 38.5 Å². The molecule has 3 heteroatoms. The van der Waals surface area contributed by atoms with Crippen molar-refractivity contribution in [3.05, 3.63) is 0 Å². The molecule has 1 fully saturated rings. The van der Waals surface area contributed by atoms with Gasteiger partial charge < -0.3 is 10.2 Å². The molecular weight excluding hydrogens is 276 g/mol. The predicted octanol–water partition coefficient (Wildman–Crippen LogP) is 5.16. The highest BCUT2D eigenvalue weighted by atomic mass is 16.4. The molecule has 1 aliphatic carbocycles. The third kappa shape index (κ3) is 8.17. The summed E-state index contributed by atoms with van der Waals surface area (Å²) in [6.45, 7) is 2.24. The molecule has 2 N–H and O–H groups in total. The summed E-state index contributed by atoms with van der Waals surface area (Å²) in [6, 6.07) is 0. The maximum Gasteiger partial charge on any atom is 0.306 e. The van der Waals surface area contributed by atoms with Gasteiger partial charge in [-0.15, -0.1) is 0 Å². The maximum atomic E-state index is 11.5. The number of aliphatic hydroxyl groups is 1. The van der Waals surface area contributed by atoms with Crippen molar-refractivity contribution < 1.29 is 15.0 Å². The van der Waals surface area contributed by atoms with E-state index >= 15 is 0 Å². The molecule has 1 saturated carbocycles. The summed E-state index contributed by atoms with van der Waals surface area (Å²) in [5.74, 6) is -0.700. The normalized spacial score (nSPS) is 23.4. The molecule has 1 aliphatic rings. The summed E-state index contributed by atoms with van der Waals surface area (Å²) in [5, 5.41) is 19.2. The summed E-state index contributed by atoms with van der Waals surface area (Å²) < 4.78 is 0. The van der Waals surface area contributed by atoms with Crippen LogP contribution in [0.2, 0.25) is 0 Å². The van der Waals surface area contributed by atoms with E-state index in [4.69, 9.17) is 0 Å². The lowest BCUT2D eigenvalue weighted by Gasteiger charge is -2.30. The zero-order valence-corrected chi connectivity index (χ0v) is 14.4. The van der Waals surface area contributed by atoms with Crippen molar-refractivity contribution in [3.8, 4) is 0 Å². The Balaban J connectivity index is 2.10. The number of carboxylic acids is 1. The number of hydrogen-bond acceptors (Lipinski definition) is 2. The fourth-order valence-electron chi connectivity index (χ4n) is 3.80. The number of aliphatic hydroxyl groups excluding tert-OH is 1. The van der Waals surface area contributed by atoms with Gasteiger partial charge in [-0.1, -0.05) is 71.1 Å². The van der Waals surface area contributed by atoms with Crippen LogP contribution in [-0.4, -0.2) is 22.3 Å². The molecular formula is C19H36O3. The van der Waals surface area contributed by atoms with Gasteiger partial charge in [0.25, 0.3) is 0 Å². The summed E-state index contributed by atoms with van der Waals surface area (Å²) >= 11 is 0. The van der Waals surface area contributed by atoms with Crippen LogP contribution in [0.1, 0.15) is 96.8 Å². The van der Waals surface area contributed by atoms with Crippen LogP contribution >= 0.6 is 0 Å². The van der Waals surface area contributed by atoms with Crippen molar-refractivity contribution in [1.82, 2.24) is 0 Å². The van der Waals surface area contributed by atoms with Gasteiger partial charge >= 0.3 is 5.97 Å². The Morgan fingerprint density at radius 1 is 1.00 bits per heavy atom. The van der Waals surface area contributed by atoms with Gasteiger partial charge in [-0.25, -0.2) is 0 Å². The van der Waals surface area contributed by atoms with Crippen molar-refractivity contribution in [2.24, 2.45) is 11.8 Å².